The van der Waals surface area contributed by atoms with Crippen LogP contribution in [0.3, 0.4) is 0 Å². The van der Waals surface area contributed by atoms with E-state index in [1.165, 1.54) is 17.2 Å². The highest BCUT2D eigenvalue weighted by atomic mass is 32.1. The highest BCUT2D eigenvalue weighted by Gasteiger charge is 2.27. The summed E-state index contributed by atoms with van der Waals surface area (Å²) in [5.74, 6) is 0.926. The van der Waals surface area contributed by atoms with E-state index in [9.17, 15) is 4.39 Å². The van der Waals surface area contributed by atoms with Crippen molar-refractivity contribution in [2.75, 3.05) is 44.2 Å². The SMILES string of the molecule is CCCc1nn(-c2cccc(F)c2)c(N2CCN(CC)CC2)c1CN(CCC)Cc1ccsc1. The molecule has 184 valence electrons. The predicted octanol–water partition coefficient (Wildman–Crippen LogP) is 5.58. The zero-order valence-electron chi connectivity index (χ0n) is 20.8. The topological polar surface area (TPSA) is 27.5 Å². The average Bonchev–Trinajstić information content (AvgIpc) is 3.48. The Bertz CT molecular complexity index is 1020. The molecule has 0 bridgehead atoms. The van der Waals surface area contributed by atoms with Crippen molar-refractivity contribution in [3.63, 3.8) is 0 Å². The number of aromatic nitrogens is 2. The molecular formula is C27H38FN5S. The van der Waals surface area contributed by atoms with Gasteiger partial charge in [0.05, 0.1) is 11.4 Å². The second-order valence-corrected chi connectivity index (χ2v) is 9.93. The third kappa shape index (κ3) is 5.88. The standard InChI is InChI=1S/C27H38FN5S/c1-4-8-26-25(20-31(12-5-2)19-22-11-17-34-21-22)27(32-15-13-30(6-3)14-16-32)33(29-26)24-10-7-9-23(28)18-24/h7,9-11,17-18,21H,4-6,8,12-16,19-20H2,1-3H3. The van der Waals surface area contributed by atoms with Gasteiger partial charge in [-0.25, -0.2) is 9.07 Å². The minimum atomic E-state index is -0.224. The Morgan fingerprint density at radius 2 is 1.85 bits per heavy atom. The maximum atomic E-state index is 14.2. The second kappa shape index (κ2) is 12.0. The first-order chi connectivity index (χ1) is 16.6. The fourth-order valence-corrected chi connectivity index (χ4v) is 5.53. The number of rotatable bonds is 11. The molecule has 1 fully saturated rings. The lowest BCUT2D eigenvalue weighted by Gasteiger charge is -2.36. The van der Waals surface area contributed by atoms with Crippen LogP contribution in [0.1, 0.15) is 50.4 Å². The Kier molecular flexibility index (Phi) is 8.75. The molecule has 5 nitrogen and oxygen atoms in total. The van der Waals surface area contributed by atoms with E-state index < -0.39 is 0 Å². The summed E-state index contributed by atoms with van der Waals surface area (Å²) < 4.78 is 16.2. The summed E-state index contributed by atoms with van der Waals surface area (Å²) in [4.78, 5) is 7.51. The Morgan fingerprint density at radius 3 is 2.50 bits per heavy atom. The summed E-state index contributed by atoms with van der Waals surface area (Å²) >= 11 is 1.76. The van der Waals surface area contributed by atoms with Crippen LogP contribution < -0.4 is 4.90 Å². The molecule has 3 heterocycles. The molecular weight excluding hydrogens is 445 g/mol. The quantitative estimate of drug-likeness (QED) is 0.356. The number of hydrogen-bond donors (Lipinski definition) is 0. The lowest BCUT2D eigenvalue weighted by Crippen LogP contribution is -2.47. The maximum Gasteiger partial charge on any atom is 0.137 e. The van der Waals surface area contributed by atoms with E-state index in [4.69, 9.17) is 5.10 Å². The molecule has 0 aliphatic carbocycles. The number of halogens is 1. The van der Waals surface area contributed by atoms with Gasteiger partial charge in [0.25, 0.3) is 0 Å². The van der Waals surface area contributed by atoms with Crippen molar-refractivity contribution >= 4 is 17.2 Å². The molecule has 0 unspecified atom stereocenters. The minimum Gasteiger partial charge on any atom is -0.354 e. The molecule has 0 saturated carbocycles. The van der Waals surface area contributed by atoms with E-state index in [0.29, 0.717) is 0 Å². The van der Waals surface area contributed by atoms with Crippen LogP contribution in [0.2, 0.25) is 0 Å². The van der Waals surface area contributed by atoms with Crippen LogP contribution in [0.25, 0.3) is 5.69 Å². The zero-order chi connectivity index (χ0) is 23.9. The first-order valence-corrected chi connectivity index (χ1v) is 13.6. The van der Waals surface area contributed by atoms with Crippen molar-refractivity contribution in [2.45, 2.75) is 53.1 Å². The highest BCUT2D eigenvalue weighted by Crippen LogP contribution is 2.31. The van der Waals surface area contributed by atoms with Gasteiger partial charge in [-0.15, -0.1) is 0 Å². The van der Waals surface area contributed by atoms with Gasteiger partial charge in [0.15, 0.2) is 0 Å². The molecule has 3 aromatic rings. The first-order valence-electron chi connectivity index (χ1n) is 12.7. The van der Waals surface area contributed by atoms with Gasteiger partial charge in [-0.2, -0.15) is 16.4 Å². The van der Waals surface area contributed by atoms with Crippen molar-refractivity contribution in [2.24, 2.45) is 0 Å². The van der Waals surface area contributed by atoms with Gasteiger partial charge in [-0.05, 0) is 66.5 Å². The molecule has 7 heteroatoms. The number of benzene rings is 1. The summed E-state index contributed by atoms with van der Waals surface area (Å²) in [7, 11) is 0. The largest absolute Gasteiger partial charge is 0.354 e. The van der Waals surface area contributed by atoms with Crippen LogP contribution in [0.4, 0.5) is 10.2 Å². The number of aryl methyl sites for hydroxylation is 1. The molecule has 0 atom stereocenters. The van der Waals surface area contributed by atoms with Crippen LogP contribution in [-0.4, -0.2) is 58.8 Å². The van der Waals surface area contributed by atoms with Crippen LogP contribution in [-0.2, 0) is 19.5 Å². The molecule has 0 N–H and O–H groups in total. The predicted molar refractivity (Wildman–Crippen MR) is 141 cm³/mol. The Labute approximate surface area is 207 Å². The van der Waals surface area contributed by atoms with Crippen LogP contribution in [0.5, 0.6) is 0 Å². The summed E-state index contributed by atoms with van der Waals surface area (Å²) in [6, 6.07) is 9.08. The fourth-order valence-electron chi connectivity index (χ4n) is 4.87. The molecule has 34 heavy (non-hydrogen) atoms. The van der Waals surface area contributed by atoms with Crippen molar-refractivity contribution < 1.29 is 4.39 Å². The van der Waals surface area contributed by atoms with Crippen LogP contribution >= 0.6 is 11.3 Å². The molecule has 1 aromatic carbocycles. The zero-order valence-corrected chi connectivity index (χ0v) is 21.7. The molecule has 1 aliphatic heterocycles. The van der Waals surface area contributed by atoms with Crippen LogP contribution in [0, 0.1) is 5.82 Å². The molecule has 2 aromatic heterocycles. The summed E-state index contributed by atoms with van der Waals surface area (Å²) in [5.41, 5.74) is 4.62. The van der Waals surface area contributed by atoms with Crippen molar-refractivity contribution in [3.8, 4) is 5.69 Å². The smallest absolute Gasteiger partial charge is 0.137 e. The van der Waals surface area contributed by atoms with Crippen molar-refractivity contribution in [1.29, 1.82) is 0 Å². The normalized spacial score (nSPS) is 14.9. The average molecular weight is 484 g/mol. The number of nitrogens with zero attached hydrogens (tertiary/aromatic N) is 5. The Balaban J connectivity index is 1.76. The van der Waals surface area contributed by atoms with E-state index in [1.54, 1.807) is 23.5 Å². The highest BCUT2D eigenvalue weighted by molar-refractivity contribution is 7.07. The third-order valence-corrected chi connectivity index (χ3v) is 7.34. The lowest BCUT2D eigenvalue weighted by molar-refractivity contribution is 0.254. The van der Waals surface area contributed by atoms with E-state index in [0.717, 1.165) is 88.8 Å². The van der Waals surface area contributed by atoms with Gasteiger partial charge in [0.2, 0.25) is 0 Å². The van der Waals surface area contributed by atoms with Gasteiger partial charge in [-0.3, -0.25) is 4.90 Å². The number of anilines is 1. The van der Waals surface area contributed by atoms with E-state index in [-0.39, 0.29) is 5.82 Å². The molecule has 1 saturated heterocycles. The van der Waals surface area contributed by atoms with E-state index >= 15 is 0 Å². The number of likely N-dealkylation sites (N-methyl/N-ethyl adjacent to an activating group) is 1. The number of hydrogen-bond acceptors (Lipinski definition) is 5. The van der Waals surface area contributed by atoms with Gasteiger partial charge >= 0.3 is 0 Å². The Hall–Kier alpha value is -2.22. The monoisotopic (exact) mass is 483 g/mol. The number of thiophene rings is 1. The molecule has 1 aliphatic rings. The van der Waals surface area contributed by atoms with E-state index in [1.807, 2.05) is 10.7 Å². The van der Waals surface area contributed by atoms with Crippen molar-refractivity contribution in [1.82, 2.24) is 19.6 Å². The van der Waals surface area contributed by atoms with Crippen molar-refractivity contribution in [3.05, 3.63) is 63.7 Å². The minimum absolute atomic E-state index is 0.224. The van der Waals surface area contributed by atoms with E-state index in [2.05, 4.69) is 52.3 Å². The maximum absolute atomic E-state index is 14.2. The Morgan fingerprint density at radius 1 is 1.03 bits per heavy atom. The molecule has 0 amide bonds. The van der Waals surface area contributed by atoms with Gasteiger partial charge in [-0.1, -0.05) is 33.3 Å². The molecule has 4 rings (SSSR count). The van der Waals surface area contributed by atoms with Crippen LogP contribution in [0.15, 0.2) is 41.1 Å². The summed E-state index contributed by atoms with van der Waals surface area (Å²) in [6.07, 6.45) is 3.07. The van der Waals surface area contributed by atoms with Gasteiger partial charge < -0.3 is 9.80 Å². The number of piperazine rings is 1. The summed E-state index contributed by atoms with van der Waals surface area (Å²) in [6.45, 7) is 14.6. The van der Waals surface area contributed by atoms with Gasteiger partial charge in [0.1, 0.15) is 11.6 Å². The molecule has 0 spiro atoms. The summed E-state index contributed by atoms with van der Waals surface area (Å²) in [5, 5.41) is 9.51. The fraction of sp³-hybridized carbons (Fsp3) is 0.519. The lowest BCUT2D eigenvalue weighted by atomic mass is 10.1. The first kappa shape index (κ1) is 24.9. The van der Waals surface area contributed by atoms with Gasteiger partial charge in [0, 0.05) is 44.8 Å². The second-order valence-electron chi connectivity index (χ2n) is 9.15. The molecule has 0 radical (unpaired) electrons. The third-order valence-electron chi connectivity index (χ3n) is 6.61.